The number of hydrogen-bond donors (Lipinski definition) is 4. The van der Waals surface area contributed by atoms with Gasteiger partial charge in [0.15, 0.2) is 0 Å². The number of carboxylic acid groups (broad SMARTS) is 2. The number of phenols is 2. The van der Waals surface area contributed by atoms with Crippen molar-refractivity contribution in [2.45, 2.75) is 0 Å². The smallest absolute Gasteiger partial charge is 0.336 e. The topological polar surface area (TPSA) is 115 Å². The molecule has 0 spiro atoms. The molecule has 6 nitrogen and oxygen atoms in total. The molecule has 0 aliphatic rings. The lowest BCUT2D eigenvalue weighted by molar-refractivity contribution is 0.0687. The van der Waals surface area contributed by atoms with Crippen LogP contribution in [0, 0.1) is 0 Å². The van der Waals surface area contributed by atoms with Crippen LogP contribution in [0.2, 0.25) is 0 Å². The van der Waals surface area contributed by atoms with Crippen molar-refractivity contribution in [2.75, 3.05) is 0 Å². The Morgan fingerprint density at radius 1 is 0.615 bits per heavy atom. The second kappa shape index (κ2) is 6.60. The maximum Gasteiger partial charge on any atom is 0.336 e. The van der Waals surface area contributed by atoms with Crippen molar-refractivity contribution in [1.82, 2.24) is 0 Å². The van der Waals surface area contributed by atoms with E-state index in [-0.39, 0.29) is 22.6 Å². The van der Waals surface area contributed by atoms with Gasteiger partial charge in [-0.2, -0.15) is 0 Å². The Balaban J connectivity index is 2.21. The van der Waals surface area contributed by atoms with Crippen LogP contribution in [0.5, 0.6) is 11.5 Å². The SMILES string of the molecule is O=C(O)c1ccc(O)cc1-c1cccc(-c2cc(O)ccc2C(=O)O)c1. The number of aromatic hydroxyl groups is 2. The average Bonchev–Trinajstić information content (AvgIpc) is 2.61. The summed E-state index contributed by atoms with van der Waals surface area (Å²) in [5.74, 6) is -2.46. The average molecular weight is 350 g/mol. The normalized spacial score (nSPS) is 10.5. The Morgan fingerprint density at radius 2 is 1.04 bits per heavy atom. The van der Waals surface area contributed by atoms with Crippen molar-refractivity contribution in [3.8, 4) is 33.8 Å². The van der Waals surface area contributed by atoms with Crippen molar-refractivity contribution in [3.05, 3.63) is 71.8 Å². The second-order valence-electron chi connectivity index (χ2n) is 5.65. The molecule has 130 valence electrons. The van der Waals surface area contributed by atoms with Gasteiger partial charge in [0, 0.05) is 0 Å². The van der Waals surface area contributed by atoms with E-state index in [1.807, 2.05) is 0 Å². The number of rotatable bonds is 4. The van der Waals surface area contributed by atoms with Crippen LogP contribution in [-0.2, 0) is 0 Å². The molecule has 0 amide bonds. The van der Waals surface area contributed by atoms with E-state index < -0.39 is 11.9 Å². The fourth-order valence-corrected chi connectivity index (χ4v) is 2.77. The van der Waals surface area contributed by atoms with Gasteiger partial charge in [-0.1, -0.05) is 18.2 Å². The summed E-state index contributed by atoms with van der Waals surface area (Å²) in [6, 6.07) is 14.4. The molecule has 0 aliphatic heterocycles. The van der Waals surface area contributed by atoms with Gasteiger partial charge in [0.25, 0.3) is 0 Å². The quantitative estimate of drug-likeness (QED) is 0.568. The Kier molecular flexibility index (Phi) is 4.33. The van der Waals surface area contributed by atoms with Crippen LogP contribution in [0.4, 0.5) is 0 Å². The number of carboxylic acids is 2. The molecule has 0 heterocycles. The molecule has 3 aromatic rings. The van der Waals surface area contributed by atoms with Gasteiger partial charge in [0.2, 0.25) is 0 Å². The van der Waals surface area contributed by atoms with Gasteiger partial charge < -0.3 is 20.4 Å². The van der Waals surface area contributed by atoms with E-state index in [1.165, 1.54) is 36.4 Å². The summed E-state index contributed by atoms with van der Waals surface area (Å²) < 4.78 is 0. The number of phenolic OH excluding ortho intramolecular Hbond substituents is 2. The zero-order valence-corrected chi connectivity index (χ0v) is 13.4. The van der Waals surface area contributed by atoms with Crippen LogP contribution in [0.15, 0.2) is 60.7 Å². The second-order valence-corrected chi connectivity index (χ2v) is 5.65. The van der Waals surface area contributed by atoms with Crippen molar-refractivity contribution >= 4 is 11.9 Å². The van der Waals surface area contributed by atoms with E-state index in [4.69, 9.17) is 0 Å². The number of carbonyl (C=O) groups is 2. The van der Waals surface area contributed by atoms with Crippen LogP contribution in [-0.4, -0.2) is 32.4 Å². The third kappa shape index (κ3) is 3.21. The largest absolute Gasteiger partial charge is 0.508 e. The zero-order valence-electron chi connectivity index (χ0n) is 13.4. The van der Waals surface area contributed by atoms with E-state index in [0.29, 0.717) is 22.3 Å². The Hall–Kier alpha value is -3.80. The van der Waals surface area contributed by atoms with Gasteiger partial charge in [-0.3, -0.25) is 0 Å². The Labute approximate surface area is 148 Å². The van der Waals surface area contributed by atoms with Gasteiger partial charge >= 0.3 is 11.9 Å². The van der Waals surface area contributed by atoms with Gasteiger partial charge in [-0.15, -0.1) is 0 Å². The molecule has 0 unspecified atom stereocenters. The minimum Gasteiger partial charge on any atom is -0.508 e. The van der Waals surface area contributed by atoms with E-state index in [0.717, 1.165) is 0 Å². The molecule has 6 heteroatoms. The third-order valence-corrected chi connectivity index (χ3v) is 3.95. The van der Waals surface area contributed by atoms with Gasteiger partial charge in [-0.05, 0) is 64.7 Å². The standard InChI is InChI=1S/C20H14O6/c21-13-4-6-15(19(23)24)17(9-13)11-2-1-3-12(8-11)18-10-14(22)5-7-16(18)20(25)26/h1-10,21-22H,(H,23,24)(H,25,26). The molecule has 4 N–H and O–H groups in total. The van der Waals surface area contributed by atoms with Crippen molar-refractivity contribution < 1.29 is 30.0 Å². The summed E-state index contributed by atoms with van der Waals surface area (Å²) >= 11 is 0. The van der Waals surface area contributed by atoms with Crippen LogP contribution < -0.4 is 0 Å². The maximum absolute atomic E-state index is 11.5. The molecule has 0 saturated carbocycles. The first-order chi connectivity index (χ1) is 12.4. The van der Waals surface area contributed by atoms with E-state index in [2.05, 4.69) is 0 Å². The summed E-state index contributed by atoms with van der Waals surface area (Å²) in [5.41, 5.74) is 1.61. The summed E-state index contributed by atoms with van der Waals surface area (Å²) in [6.07, 6.45) is 0. The summed E-state index contributed by atoms with van der Waals surface area (Å²) in [4.78, 5) is 22.9. The third-order valence-electron chi connectivity index (χ3n) is 3.95. The molecular weight excluding hydrogens is 336 g/mol. The number of benzene rings is 3. The highest BCUT2D eigenvalue weighted by atomic mass is 16.4. The highest BCUT2D eigenvalue weighted by Crippen LogP contribution is 2.33. The predicted octanol–water partition coefficient (Wildman–Crippen LogP) is 3.83. The summed E-state index contributed by atoms with van der Waals surface area (Å²) in [6.45, 7) is 0. The summed E-state index contributed by atoms with van der Waals surface area (Å²) in [5, 5.41) is 38.2. The minimum atomic E-state index is -1.14. The Morgan fingerprint density at radius 3 is 1.42 bits per heavy atom. The highest BCUT2D eigenvalue weighted by molar-refractivity contribution is 5.99. The molecule has 0 fully saturated rings. The number of hydrogen-bond acceptors (Lipinski definition) is 4. The minimum absolute atomic E-state index is 0.00863. The lowest BCUT2D eigenvalue weighted by Gasteiger charge is -2.11. The van der Waals surface area contributed by atoms with E-state index in [1.54, 1.807) is 24.3 Å². The van der Waals surface area contributed by atoms with Crippen LogP contribution in [0.1, 0.15) is 20.7 Å². The lowest BCUT2D eigenvalue weighted by Crippen LogP contribution is -2.00. The van der Waals surface area contributed by atoms with Crippen molar-refractivity contribution in [1.29, 1.82) is 0 Å². The van der Waals surface area contributed by atoms with Gasteiger partial charge in [-0.25, -0.2) is 9.59 Å². The molecule has 0 bridgehead atoms. The van der Waals surface area contributed by atoms with Crippen molar-refractivity contribution in [2.24, 2.45) is 0 Å². The zero-order chi connectivity index (χ0) is 18.8. The molecule has 0 aliphatic carbocycles. The Bertz CT molecular complexity index is 944. The molecule has 0 saturated heterocycles. The molecule has 26 heavy (non-hydrogen) atoms. The van der Waals surface area contributed by atoms with Crippen LogP contribution >= 0.6 is 0 Å². The fraction of sp³-hybridized carbons (Fsp3) is 0. The monoisotopic (exact) mass is 350 g/mol. The van der Waals surface area contributed by atoms with E-state index >= 15 is 0 Å². The molecule has 0 radical (unpaired) electrons. The molecule has 3 rings (SSSR count). The first-order valence-corrected chi connectivity index (χ1v) is 7.60. The van der Waals surface area contributed by atoms with E-state index in [9.17, 15) is 30.0 Å². The fourth-order valence-electron chi connectivity index (χ4n) is 2.77. The maximum atomic E-state index is 11.5. The first-order valence-electron chi connectivity index (χ1n) is 7.60. The lowest BCUT2D eigenvalue weighted by atomic mass is 9.93. The molecule has 0 atom stereocenters. The number of aromatic carboxylic acids is 2. The molecule has 0 aromatic heterocycles. The molecule has 3 aromatic carbocycles. The molecular formula is C20H14O6. The van der Waals surface area contributed by atoms with Crippen LogP contribution in [0.3, 0.4) is 0 Å². The van der Waals surface area contributed by atoms with Crippen molar-refractivity contribution in [3.63, 3.8) is 0 Å². The first kappa shape index (κ1) is 17.0. The van der Waals surface area contributed by atoms with Crippen LogP contribution in [0.25, 0.3) is 22.3 Å². The predicted molar refractivity (Wildman–Crippen MR) is 94.6 cm³/mol. The highest BCUT2D eigenvalue weighted by Gasteiger charge is 2.16. The van der Waals surface area contributed by atoms with Gasteiger partial charge in [0.1, 0.15) is 11.5 Å². The summed E-state index contributed by atoms with van der Waals surface area (Å²) in [7, 11) is 0. The van der Waals surface area contributed by atoms with Gasteiger partial charge in [0.05, 0.1) is 11.1 Å².